The van der Waals surface area contributed by atoms with E-state index in [1.807, 2.05) is 22.6 Å². The Bertz CT molecular complexity index is 886. The van der Waals surface area contributed by atoms with Crippen LogP contribution in [0.1, 0.15) is 18.4 Å². The Morgan fingerprint density at radius 3 is 2.50 bits per heavy atom. The van der Waals surface area contributed by atoms with E-state index in [9.17, 15) is 14.7 Å². The number of aromatic hydroxyl groups is 1. The van der Waals surface area contributed by atoms with Gasteiger partial charge in [0.2, 0.25) is 11.8 Å². The quantitative estimate of drug-likeness (QED) is 0.295. The number of nitrogens with one attached hydrogen (secondary N) is 2. The third-order valence-electron chi connectivity index (χ3n) is 3.63. The first-order chi connectivity index (χ1) is 13.4. The first kappa shape index (κ1) is 21.5. The number of halogens is 1. The van der Waals surface area contributed by atoms with Crippen molar-refractivity contribution < 1.29 is 24.2 Å². The summed E-state index contributed by atoms with van der Waals surface area (Å²) >= 11 is 1.97. The van der Waals surface area contributed by atoms with E-state index in [4.69, 9.17) is 9.47 Å². The summed E-state index contributed by atoms with van der Waals surface area (Å²) in [6.07, 6.45) is 1.41. The Hall–Kier alpha value is -2.82. The number of phenols is 1. The van der Waals surface area contributed by atoms with Crippen molar-refractivity contribution in [3.8, 4) is 17.2 Å². The number of anilines is 1. The molecule has 0 bridgehead atoms. The molecular formula is C19H20IN3O5. The van der Waals surface area contributed by atoms with Crippen LogP contribution in [0.25, 0.3) is 0 Å². The summed E-state index contributed by atoms with van der Waals surface area (Å²) in [6, 6.07) is 10.3. The summed E-state index contributed by atoms with van der Waals surface area (Å²) in [6.45, 7) is 0. The summed E-state index contributed by atoms with van der Waals surface area (Å²) < 4.78 is 10.8. The van der Waals surface area contributed by atoms with Crippen LogP contribution in [0.2, 0.25) is 0 Å². The van der Waals surface area contributed by atoms with Crippen molar-refractivity contribution >= 4 is 46.3 Å². The highest BCUT2D eigenvalue weighted by Gasteiger charge is 2.10. The van der Waals surface area contributed by atoms with Crippen LogP contribution in [0.4, 0.5) is 5.69 Å². The molecule has 28 heavy (non-hydrogen) atoms. The highest BCUT2D eigenvalue weighted by molar-refractivity contribution is 14.1. The molecule has 0 saturated heterocycles. The Kier molecular flexibility index (Phi) is 8.05. The molecule has 0 aromatic heterocycles. The van der Waals surface area contributed by atoms with Crippen LogP contribution in [0.3, 0.4) is 0 Å². The predicted molar refractivity (Wildman–Crippen MR) is 114 cm³/mol. The molecule has 2 aromatic rings. The van der Waals surface area contributed by atoms with E-state index in [2.05, 4.69) is 15.8 Å². The minimum absolute atomic E-state index is 0.00430. The molecule has 0 fully saturated rings. The Labute approximate surface area is 176 Å². The van der Waals surface area contributed by atoms with E-state index in [0.717, 1.165) is 0 Å². The van der Waals surface area contributed by atoms with Crippen molar-refractivity contribution in [2.24, 2.45) is 5.10 Å². The highest BCUT2D eigenvalue weighted by atomic mass is 127. The second-order valence-corrected chi connectivity index (χ2v) is 6.76. The third-order valence-corrected chi connectivity index (χ3v) is 4.46. The van der Waals surface area contributed by atoms with Gasteiger partial charge in [0.1, 0.15) is 5.75 Å². The molecule has 3 N–H and O–H groups in total. The first-order valence-electron chi connectivity index (χ1n) is 8.26. The minimum atomic E-state index is -0.396. The van der Waals surface area contributed by atoms with Crippen LogP contribution in [-0.2, 0) is 9.59 Å². The number of methoxy groups -OCH3 is 2. The third kappa shape index (κ3) is 6.12. The average molecular weight is 497 g/mol. The fraction of sp³-hybridized carbons (Fsp3) is 0.211. The SMILES string of the molecule is COc1ccccc1NC(=O)CCC(=O)NN=Cc1cc(I)c(O)c(OC)c1. The Morgan fingerprint density at radius 2 is 1.79 bits per heavy atom. The number of para-hydroxylation sites is 2. The lowest BCUT2D eigenvalue weighted by molar-refractivity contribution is -0.124. The van der Waals surface area contributed by atoms with Crippen LogP contribution in [0.15, 0.2) is 41.5 Å². The number of hydrogen-bond donors (Lipinski definition) is 3. The predicted octanol–water partition coefficient (Wildman–Crippen LogP) is 2.88. The first-order valence-corrected chi connectivity index (χ1v) is 9.33. The lowest BCUT2D eigenvalue weighted by Gasteiger charge is -2.09. The number of amides is 2. The monoisotopic (exact) mass is 497 g/mol. The van der Waals surface area contributed by atoms with Crippen LogP contribution in [0.5, 0.6) is 17.2 Å². The van der Waals surface area contributed by atoms with Gasteiger partial charge in [-0.2, -0.15) is 5.10 Å². The van der Waals surface area contributed by atoms with E-state index in [1.54, 1.807) is 36.4 Å². The van der Waals surface area contributed by atoms with Crippen LogP contribution >= 0.6 is 22.6 Å². The zero-order valence-electron chi connectivity index (χ0n) is 15.4. The molecule has 0 unspecified atom stereocenters. The van der Waals surface area contributed by atoms with Gasteiger partial charge in [0.25, 0.3) is 0 Å². The molecule has 0 aliphatic heterocycles. The van der Waals surface area contributed by atoms with E-state index < -0.39 is 5.91 Å². The van der Waals surface area contributed by atoms with Gasteiger partial charge in [0, 0.05) is 12.8 Å². The zero-order chi connectivity index (χ0) is 20.5. The standard InChI is InChI=1S/C19H20IN3O5/c1-27-15-6-4-3-5-14(15)22-17(24)7-8-18(25)23-21-11-12-9-13(20)19(26)16(10-12)28-2/h3-6,9-11,26H,7-8H2,1-2H3,(H,22,24)(H,23,25). The largest absolute Gasteiger partial charge is 0.504 e. The van der Waals surface area contributed by atoms with Gasteiger partial charge in [0.05, 0.1) is 29.7 Å². The number of carbonyl (C=O) groups is 2. The summed E-state index contributed by atoms with van der Waals surface area (Å²) in [4.78, 5) is 23.9. The van der Waals surface area contributed by atoms with Gasteiger partial charge in [-0.3, -0.25) is 9.59 Å². The fourth-order valence-electron chi connectivity index (χ4n) is 2.25. The van der Waals surface area contributed by atoms with Crippen molar-refractivity contribution in [1.82, 2.24) is 5.43 Å². The van der Waals surface area contributed by atoms with Crippen LogP contribution in [0, 0.1) is 3.57 Å². The van der Waals surface area contributed by atoms with Crippen molar-refractivity contribution in [3.63, 3.8) is 0 Å². The molecule has 0 heterocycles. The maximum absolute atomic E-state index is 12.0. The van der Waals surface area contributed by atoms with E-state index in [1.165, 1.54) is 20.4 Å². The zero-order valence-corrected chi connectivity index (χ0v) is 17.5. The Morgan fingerprint density at radius 1 is 1.11 bits per heavy atom. The number of ether oxygens (including phenoxy) is 2. The number of phenolic OH excluding ortho intramolecular Hbond substituents is 1. The molecule has 148 valence electrons. The van der Waals surface area contributed by atoms with E-state index in [0.29, 0.717) is 26.3 Å². The van der Waals surface area contributed by atoms with Gasteiger partial charge in [-0.05, 0) is 52.4 Å². The van der Waals surface area contributed by atoms with E-state index >= 15 is 0 Å². The van der Waals surface area contributed by atoms with Crippen molar-refractivity contribution in [3.05, 3.63) is 45.5 Å². The van der Waals surface area contributed by atoms with Crippen molar-refractivity contribution in [2.45, 2.75) is 12.8 Å². The molecule has 0 atom stereocenters. The van der Waals surface area contributed by atoms with Crippen molar-refractivity contribution in [2.75, 3.05) is 19.5 Å². The summed E-state index contributed by atoms with van der Waals surface area (Å²) in [5, 5.41) is 16.4. The second-order valence-electron chi connectivity index (χ2n) is 5.60. The lowest BCUT2D eigenvalue weighted by Crippen LogP contribution is -2.20. The number of carbonyl (C=O) groups excluding carboxylic acids is 2. The summed E-state index contributed by atoms with van der Waals surface area (Å²) in [7, 11) is 2.96. The maximum Gasteiger partial charge on any atom is 0.240 e. The van der Waals surface area contributed by atoms with Crippen LogP contribution in [-0.4, -0.2) is 37.4 Å². The number of hydrogen-bond acceptors (Lipinski definition) is 6. The lowest BCUT2D eigenvalue weighted by atomic mass is 10.2. The molecular weight excluding hydrogens is 477 g/mol. The number of rotatable bonds is 8. The highest BCUT2D eigenvalue weighted by Crippen LogP contribution is 2.31. The van der Waals surface area contributed by atoms with Gasteiger partial charge >= 0.3 is 0 Å². The molecule has 2 rings (SSSR count). The Balaban J connectivity index is 1.83. The molecule has 0 saturated carbocycles. The topological polar surface area (TPSA) is 109 Å². The second kappa shape index (κ2) is 10.5. The van der Waals surface area contributed by atoms with Gasteiger partial charge in [-0.15, -0.1) is 0 Å². The van der Waals surface area contributed by atoms with Gasteiger partial charge in [-0.25, -0.2) is 5.43 Å². The van der Waals surface area contributed by atoms with Gasteiger partial charge in [-0.1, -0.05) is 12.1 Å². The molecule has 8 nitrogen and oxygen atoms in total. The van der Waals surface area contributed by atoms with Crippen molar-refractivity contribution in [1.29, 1.82) is 0 Å². The number of hydrazone groups is 1. The molecule has 0 radical (unpaired) electrons. The number of benzene rings is 2. The molecule has 0 aliphatic carbocycles. The normalized spacial score (nSPS) is 10.5. The minimum Gasteiger partial charge on any atom is -0.504 e. The van der Waals surface area contributed by atoms with Crippen LogP contribution < -0.4 is 20.2 Å². The van der Waals surface area contributed by atoms with Gasteiger partial charge in [0.15, 0.2) is 11.5 Å². The van der Waals surface area contributed by atoms with E-state index in [-0.39, 0.29) is 24.5 Å². The molecule has 0 aliphatic rings. The number of nitrogens with zero attached hydrogens (tertiary/aromatic N) is 1. The summed E-state index contributed by atoms with van der Waals surface area (Å²) in [5.41, 5.74) is 3.56. The smallest absolute Gasteiger partial charge is 0.240 e. The molecule has 9 heteroatoms. The van der Waals surface area contributed by atoms with Gasteiger partial charge < -0.3 is 19.9 Å². The molecule has 2 amide bonds. The molecule has 2 aromatic carbocycles. The summed E-state index contributed by atoms with van der Waals surface area (Å²) in [5.74, 6) is 0.204. The maximum atomic E-state index is 12.0. The molecule has 0 spiro atoms. The fourth-order valence-corrected chi connectivity index (χ4v) is 2.87. The average Bonchev–Trinajstić information content (AvgIpc) is 2.69.